The van der Waals surface area contributed by atoms with Crippen molar-refractivity contribution < 1.29 is 8.83 Å². The third-order valence-corrected chi connectivity index (χ3v) is 10.3. The van der Waals surface area contributed by atoms with E-state index in [2.05, 4.69) is 133 Å². The Bertz CT molecular complexity index is 3220. The Morgan fingerprint density at radius 2 is 0.963 bits per heavy atom. The second kappa shape index (κ2) is 12.1. The van der Waals surface area contributed by atoms with Gasteiger partial charge in [-0.2, -0.15) is 0 Å². The van der Waals surface area contributed by atoms with Crippen LogP contribution >= 0.6 is 0 Å². The number of hydrogen-bond donors (Lipinski definition) is 0. The van der Waals surface area contributed by atoms with Crippen LogP contribution in [-0.4, -0.2) is 15.0 Å². The second-order valence-electron chi connectivity index (χ2n) is 13.5. The maximum Gasteiger partial charge on any atom is 0.165 e. The summed E-state index contributed by atoms with van der Waals surface area (Å²) in [7, 11) is 0. The van der Waals surface area contributed by atoms with Gasteiger partial charge in [-0.15, -0.1) is 0 Å². The molecule has 0 aliphatic carbocycles. The normalized spacial score (nSPS) is 11.7. The summed E-state index contributed by atoms with van der Waals surface area (Å²) in [6.07, 6.45) is 0. The Morgan fingerprint density at radius 3 is 1.81 bits per heavy atom. The fourth-order valence-corrected chi connectivity index (χ4v) is 7.85. The number of rotatable bonds is 5. The minimum atomic E-state index is 0.560. The first kappa shape index (κ1) is 30.3. The molecule has 3 heterocycles. The molecule has 0 spiro atoms. The van der Waals surface area contributed by atoms with Crippen molar-refractivity contribution in [2.24, 2.45) is 0 Å². The van der Waals surface area contributed by atoms with E-state index < -0.39 is 0 Å². The summed E-state index contributed by atoms with van der Waals surface area (Å²) in [5.41, 5.74) is 10.0. The molecule has 11 rings (SSSR count). The summed E-state index contributed by atoms with van der Waals surface area (Å²) in [4.78, 5) is 16.0. The summed E-state index contributed by atoms with van der Waals surface area (Å²) < 4.78 is 13.1. The van der Waals surface area contributed by atoms with E-state index in [1.165, 1.54) is 0 Å². The van der Waals surface area contributed by atoms with Crippen molar-refractivity contribution in [3.05, 3.63) is 176 Å². The van der Waals surface area contributed by atoms with Crippen LogP contribution in [0, 0.1) is 0 Å². The van der Waals surface area contributed by atoms with Crippen molar-refractivity contribution in [2.45, 2.75) is 0 Å². The van der Waals surface area contributed by atoms with Crippen molar-refractivity contribution in [3.63, 3.8) is 0 Å². The minimum absolute atomic E-state index is 0.560. The van der Waals surface area contributed by atoms with Crippen LogP contribution in [0.5, 0.6) is 0 Å². The van der Waals surface area contributed by atoms with Gasteiger partial charge < -0.3 is 8.83 Å². The lowest BCUT2D eigenvalue weighted by molar-refractivity contribution is 0.669. The summed E-state index contributed by atoms with van der Waals surface area (Å²) in [6.45, 7) is 0. The number of benzene rings is 8. The van der Waals surface area contributed by atoms with E-state index in [0.717, 1.165) is 93.6 Å². The van der Waals surface area contributed by atoms with Crippen LogP contribution < -0.4 is 0 Å². The molecule has 0 saturated heterocycles. The maximum atomic E-state index is 6.78. The lowest BCUT2D eigenvalue weighted by atomic mass is 9.93. The first-order valence-corrected chi connectivity index (χ1v) is 18.0. The molecule has 252 valence electrons. The van der Waals surface area contributed by atoms with Gasteiger partial charge >= 0.3 is 0 Å². The van der Waals surface area contributed by atoms with E-state index in [1.807, 2.05) is 42.5 Å². The third kappa shape index (κ3) is 4.83. The predicted molar refractivity (Wildman–Crippen MR) is 219 cm³/mol. The first-order valence-electron chi connectivity index (χ1n) is 18.0. The molecule has 8 aromatic carbocycles. The van der Waals surface area contributed by atoms with Crippen LogP contribution in [0.3, 0.4) is 0 Å². The highest BCUT2D eigenvalue weighted by Gasteiger charge is 2.24. The molecular formula is C49H29N3O2. The number of para-hydroxylation sites is 2. The minimum Gasteiger partial charge on any atom is -0.456 e. The lowest BCUT2D eigenvalue weighted by Crippen LogP contribution is -2.02. The summed E-state index contributed by atoms with van der Waals surface area (Å²) in [5.74, 6) is 1.71. The van der Waals surface area contributed by atoms with Crippen LogP contribution in [0.1, 0.15) is 0 Å². The molecule has 5 heteroatoms. The van der Waals surface area contributed by atoms with Gasteiger partial charge in [0.15, 0.2) is 17.5 Å². The number of aromatic nitrogens is 3. The number of hydrogen-bond acceptors (Lipinski definition) is 5. The van der Waals surface area contributed by atoms with Crippen LogP contribution in [0.25, 0.3) is 111 Å². The van der Waals surface area contributed by atoms with E-state index in [-0.39, 0.29) is 0 Å². The van der Waals surface area contributed by atoms with E-state index in [4.69, 9.17) is 23.8 Å². The molecule has 0 atom stereocenters. The van der Waals surface area contributed by atoms with E-state index in [1.54, 1.807) is 0 Å². The Labute approximate surface area is 309 Å². The van der Waals surface area contributed by atoms with Crippen molar-refractivity contribution in [1.29, 1.82) is 0 Å². The second-order valence-corrected chi connectivity index (χ2v) is 13.5. The molecule has 0 radical (unpaired) electrons. The number of furan rings is 2. The predicted octanol–water partition coefficient (Wildman–Crippen LogP) is 13.2. The Hall–Kier alpha value is -7.37. The van der Waals surface area contributed by atoms with Crippen molar-refractivity contribution >= 4 is 54.6 Å². The van der Waals surface area contributed by atoms with Gasteiger partial charge in [0, 0.05) is 43.8 Å². The highest BCUT2D eigenvalue weighted by atomic mass is 16.3. The zero-order valence-corrected chi connectivity index (χ0v) is 28.9. The third-order valence-electron chi connectivity index (χ3n) is 10.3. The topological polar surface area (TPSA) is 65.0 Å². The molecule has 0 fully saturated rings. The van der Waals surface area contributed by atoms with Gasteiger partial charge in [0.25, 0.3) is 0 Å². The highest BCUT2D eigenvalue weighted by molar-refractivity contribution is 6.18. The fraction of sp³-hybridized carbons (Fsp3) is 0. The van der Waals surface area contributed by atoms with Crippen molar-refractivity contribution in [1.82, 2.24) is 15.0 Å². The largest absolute Gasteiger partial charge is 0.456 e. The summed E-state index contributed by atoms with van der Waals surface area (Å²) >= 11 is 0. The quantitative estimate of drug-likeness (QED) is 0.180. The molecule has 0 N–H and O–H groups in total. The van der Waals surface area contributed by atoms with Gasteiger partial charge in [-0.3, -0.25) is 0 Å². The molecule has 0 amide bonds. The summed E-state index contributed by atoms with van der Waals surface area (Å²) in [6, 6.07) is 60.3. The standard InChI is InChI=1S/C49H29N3O2/c1-3-14-31(15-4-1)35-27-28-42-44(38-21-11-20-36(46(38)54-42)32-16-5-2-6-17-32)45(35)49-51-47(34-26-25-30-13-7-8-18-33(30)29-34)50-48(52-49)39-22-12-24-41-43(39)37-19-9-10-23-40(37)53-41/h1-29H. The zero-order chi connectivity index (χ0) is 35.6. The average molecular weight is 692 g/mol. The lowest BCUT2D eigenvalue weighted by Gasteiger charge is -2.14. The summed E-state index contributed by atoms with van der Waals surface area (Å²) in [5, 5.41) is 6.20. The van der Waals surface area contributed by atoms with Crippen molar-refractivity contribution in [3.8, 4) is 56.4 Å². The molecule has 0 aliphatic rings. The van der Waals surface area contributed by atoms with Crippen LogP contribution in [0.2, 0.25) is 0 Å². The Balaban J connectivity index is 1.26. The number of fused-ring (bicyclic) bond motifs is 7. The molecule has 0 saturated carbocycles. The average Bonchev–Trinajstić information content (AvgIpc) is 3.82. The zero-order valence-electron chi connectivity index (χ0n) is 28.9. The van der Waals surface area contributed by atoms with Gasteiger partial charge in [-0.25, -0.2) is 15.0 Å². The Kier molecular flexibility index (Phi) is 6.79. The van der Waals surface area contributed by atoms with Crippen LogP contribution in [0.15, 0.2) is 185 Å². The van der Waals surface area contributed by atoms with Gasteiger partial charge in [-0.05, 0) is 57.8 Å². The maximum absolute atomic E-state index is 6.78. The Morgan fingerprint density at radius 1 is 0.333 bits per heavy atom. The molecule has 0 aliphatic heterocycles. The monoisotopic (exact) mass is 691 g/mol. The van der Waals surface area contributed by atoms with Crippen LogP contribution in [0.4, 0.5) is 0 Å². The molecular weight excluding hydrogens is 663 g/mol. The SMILES string of the molecule is c1ccc(-c2ccc3oc4c(-c5ccccc5)cccc4c3c2-c2nc(-c3ccc4ccccc4c3)nc(-c3cccc4oc5ccccc5c34)n2)cc1. The van der Waals surface area contributed by atoms with Crippen LogP contribution in [-0.2, 0) is 0 Å². The molecule has 54 heavy (non-hydrogen) atoms. The van der Waals surface area contributed by atoms with Crippen molar-refractivity contribution in [2.75, 3.05) is 0 Å². The number of nitrogens with zero attached hydrogens (tertiary/aromatic N) is 3. The fourth-order valence-electron chi connectivity index (χ4n) is 7.85. The van der Waals surface area contributed by atoms with Gasteiger partial charge in [0.1, 0.15) is 22.3 Å². The van der Waals surface area contributed by atoms with E-state index in [0.29, 0.717) is 17.5 Å². The molecule has 11 aromatic rings. The molecule has 0 bridgehead atoms. The molecule has 3 aromatic heterocycles. The molecule has 5 nitrogen and oxygen atoms in total. The van der Waals surface area contributed by atoms with E-state index in [9.17, 15) is 0 Å². The van der Waals surface area contributed by atoms with E-state index >= 15 is 0 Å². The highest BCUT2D eigenvalue weighted by Crippen LogP contribution is 2.45. The first-order chi connectivity index (χ1) is 26.8. The smallest absolute Gasteiger partial charge is 0.165 e. The van der Waals surface area contributed by atoms with Gasteiger partial charge in [0.05, 0.1) is 0 Å². The van der Waals surface area contributed by atoms with Gasteiger partial charge in [0.2, 0.25) is 0 Å². The molecule has 0 unspecified atom stereocenters. The van der Waals surface area contributed by atoms with Gasteiger partial charge in [-0.1, -0.05) is 146 Å².